The third-order valence-corrected chi connectivity index (χ3v) is 3.33. The van der Waals surface area contributed by atoms with E-state index in [-0.39, 0.29) is 0 Å². The fraction of sp³-hybridized carbons (Fsp3) is 0.214. The molecule has 1 aliphatic carbocycles. The third kappa shape index (κ3) is 2.08. The molecular formula is C14H17N3O2. The van der Waals surface area contributed by atoms with Gasteiger partial charge in [0.1, 0.15) is 5.41 Å². The molecule has 2 unspecified atom stereocenters. The predicted octanol–water partition coefficient (Wildman–Crippen LogP) is 0.419. The highest BCUT2D eigenvalue weighted by molar-refractivity contribution is 5.88. The Hall–Kier alpha value is -2.27. The number of carbonyl (C=O) groups is 1. The lowest BCUT2D eigenvalue weighted by Gasteiger charge is -2.35. The molecule has 0 heterocycles. The molecule has 0 radical (unpaired) electrons. The van der Waals surface area contributed by atoms with Gasteiger partial charge in [0.15, 0.2) is 0 Å². The van der Waals surface area contributed by atoms with Gasteiger partial charge in [-0.2, -0.15) is 0 Å². The van der Waals surface area contributed by atoms with Crippen LogP contribution in [-0.2, 0) is 14.9 Å². The zero-order valence-electron chi connectivity index (χ0n) is 10.7. The van der Waals surface area contributed by atoms with Crippen LogP contribution in [0.3, 0.4) is 0 Å². The number of carbonyl (C=O) groups excluding carboxylic acids is 1. The molecule has 0 saturated carbocycles. The summed E-state index contributed by atoms with van der Waals surface area (Å²) in [5.41, 5.74) is 18.3. The molecule has 6 N–H and O–H groups in total. The number of hydrogen-bond acceptors (Lipinski definition) is 5. The van der Waals surface area contributed by atoms with Crippen molar-refractivity contribution >= 4 is 11.7 Å². The van der Waals surface area contributed by atoms with Gasteiger partial charge in [-0.25, -0.2) is 0 Å². The number of nitrogen functional groups attached to an aromatic ring is 1. The first-order valence-corrected chi connectivity index (χ1v) is 5.87. The maximum Gasteiger partial charge on any atom is 0.322 e. The second-order valence-corrected chi connectivity index (χ2v) is 4.51. The molecule has 0 aromatic heterocycles. The lowest BCUT2D eigenvalue weighted by atomic mass is 9.71. The molecule has 100 valence electrons. The topological polar surface area (TPSA) is 104 Å². The summed E-state index contributed by atoms with van der Waals surface area (Å²) < 4.78 is 4.91. The van der Waals surface area contributed by atoms with Crippen molar-refractivity contribution in [2.75, 3.05) is 12.8 Å². The molecule has 0 bridgehead atoms. The molecule has 0 saturated heterocycles. The average molecular weight is 259 g/mol. The Kier molecular flexibility index (Phi) is 3.31. The highest BCUT2D eigenvalue weighted by Gasteiger charge is 2.45. The van der Waals surface area contributed by atoms with E-state index in [1.165, 1.54) is 7.11 Å². The van der Waals surface area contributed by atoms with Crippen LogP contribution in [0.25, 0.3) is 0 Å². The summed E-state index contributed by atoms with van der Waals surface area (Å²) in [5, 5.41) is 0. The van der Waals surface area contributed by atoms with Crippen LogP contribution in [-0.4, -0.2) is 19.1 Å². The summed E-state index contributed by atoms with van der Waals surface area (Å²) in [6.45, 7) is 0. The number of rotatable bonds is 2. The SMILES string of the molecule is COC(=O)C1(c2ccc(N)cc2)C=C(N)C=CC1N. The summed E-state index contributed by atoms with van der Waals surface area (Å²) in [4.78, 5) is 12.3. The first-order valence-electron chi connectivity index (χ1n) is 5.87. The Morgan fingerprint density at radius 2 is 1.89 bits per heavy atom. The molecule has 1 aromatic rings. The summed E-state index contributed by atoms with van der Waals surface area (Å²) in [6.07, 6.45) is 5.01. The number of esters is 1. The predicted molar refractivity (Wildman–Crippen MR) is 73.9 cm³/mol. The van der Waals surface area contributed by atoms with Gasteiger partial charge in [0, 0.05) is 17.4 Å². The first-order chi connectivity index (χ1) is 9.00. The van der Waals surface area contributed by atoms with E-state index in [1.807, 2.05) is 0 Å². The summed E-state index contributed by atoms with van der Waals surface area (Å²) >= 11 is 0. The molecule has 19 heavy (non-hydrogen) atoms. The quantitative estimate of drug-likeness (QED) is 0.527. The Morgan fingerprint density at radius 3 is 2.47 bits per heavy atom. The van der Waals surface area contributed by atoms with E-state index < -0.39 is 17.4 Å². The maximum absolute atomic E-state index is 12.3. The molecule has 1 aliphatic rings. The van der Waals surface area contributed by atoms with Crippen LogP contribution in [0.15, 0.2) is 48.2 Å². The smallest absolute Gasteiger partial charge is 0.322 e. The van der Waals surface area contributed by atoms with E-state index in [2.05, 4.69) is 0 Å². The van der Waals surface area contributed by atoms with Gasteiger partial charge < -0.3 is 21.9 Å². The molecule has 5 nitrogen and oxygen atoms in total. The summed E-state index contributed by atoms with van der Waals surface area (Å²) in [6, 6.07) is 6.41. The van der Waals surface area contributed by atoms with E-state index >= 15 is 0 Å². The molecule has 2 atom stereocenters. The highest BCUT2D eigenvalue weighted by Crippen LogP contribution is 2.34. The van der Waals surface area contributed by atoms with Gasteiger partial charge in [-0.1, -0.05) is 18.2 Å². The largest absolute Gasteiger partial charge is 0.468 e. The zero-order chi connectivity index (χ0) is 14.0. The Labute approximate surface area is 111 Å². The standard InChI is InChI=1S/C14H17N3O2/c1-19-13(18)14(8-11(16)6-7-12(14)17)9-2-4-10(15)5-3-9/h2-8,12H,15-17H2,1H3. The number of allylic oxidation sites excluding steroid dienone is 1. The van der Waals surface area contributed by atoms with Crippen molar-refractivity contribution in [3.63, 3.8) is 0 Å². The van der Waals surface area contributed by atoms with Gasteiger partial charge in [-0.3, -0.25) is 4.79 Å². The van der Waals surface area contributed by atoms with Crippen LogP contribution in [0.5, 0.6) is 0 Å². The molecule has 1 aromatic carbocycles. The Morgan fingerprint density at radius 1 is 1.26 bits per heavy atom. The second kappa shape index (κ2) is 4.78. The van der Waals surface area contributed by atoms with Crippen LogP contribution >= 0.6 is 0 Å². The van der Waals surface area contributed by atoms with Crippen molar-refractivity contribution in [3.05, 3.63) is 53.8 Å². The van der Waals surface area contributed by atoms with Crippen molar-refractivity contribution < 1.29 is 9.53 Å². The lowest BCUT2D eigenvalue weighted by molar-refractivity contribution is -0.146. The molecular weight excluding hydrogens is 242 g/mol. The van der Waals surface area contributed by atoms with E-state index in [4.69, 9.17) is 21.9 Å². The number of benzene rings is 1. The van der Waals surface area contributed by atoms with Gasteiger partial charge in [0.05, 0.1) is 7.11 Å². The van der Waals surface area contributed by atoms with Crippen molar-refractivity contribution in [1.29, 1.82) is 0 Å². The number of hydrogen-bond donors (Lipinski definition) is 3. The van der Waals surface area contributed by atoms with Gasteiger partial charge in [0.25, 0.3) is 0 Å². The summed E-state index contributed by atoms with van der Waals surface area (Å²) in [5.74, 6) is -0.447. The molecule has 0 fully saturated rings. The van der Waals surface area contributed by atoms with Crippen LogP contribution < -0.4 is 17.2 Å². The number of methoxy groups -OCH3 is 1. The molecule has 0 spiro atoms. The van der Waals surface area contributed by atoms with E-state index in [0.717, 1.165) is 0 Å². The Balaban J connectivity index is 2.62. The van der Waals surface area contributed by atoms with Gasteiger partial charge in [0.2, 0.25) is 0 Å². The normalized spacial score (nSPS) is 25.8. The van der Waals surface area contributed by atoms with Gasteiger partial charge >= 0.3 is 5.97 Å². The van der Waals surface area contributed by atoms with Crippen LogP contribution in [0, 0.1) is 0 Å². The molecule has 2 rings (SSSR count). The van der Waals surface area contributed by atoms with Crippen molar-refractivity contribution in [2.45, 2.75) is 11.5 Å². The second-order valence-electron chi connectivity index (χ2n) is 4.51. The van der Waals surface area contributed by atoms with Crippen LogP contribution in [0.4, 0.5) is 5.69 Å². The number of ether oxygens (including phenoxy) is 1. The first kappa shape index (κ1) is 13.2. The third-order valence-electron chi connectivity index (χ3n) is 3.33. The number of nitrogens with two attached hydrogens (primary N) is 3. The Bertz CT molecular complexity index is 548. The van der Waals surface area contributed by atoms with Crippen molar-refractivity contribution in [3.8, 4) is 0 Å². The van der Waals surface area contributed by atoms with Crippen molar-refractivity contribution in [2.24, 2.45) is 11.5 Å². The molecule has 0 aliphatic heterocycles. The van der Waals surface area contributed by atoms with Crippen LogP contribution in [0.2, 0.25) is 0 Å². The summed E-state index contributed by atoms with van der Waals surface area (Å²) in [7, 11) is 1.33. The monoisotopic (exact) mass is 259 g/mol. The van der Waals surface area contributed by atoms with Gasteiger partial charge in [-0.05, 0) is 29.8 Å². The molecule has 5 heteroatoms. The molecule has 0 amide bonds. The van der Waals surface area contributed by atoms with Gasteiger partial charge in [-0.15, -0.1) is 0 Å². The minimum Gasteiger partial charge on any atom is -0.468 e. The zero-order valence-corrected chi connectivity index (χ0v) is 10.7. The number of anilines is 1. The highest BCUT2D eigenvalue weighted by atomic mass is 16.5. The average Bonchev–Trinajstić information content (AvgIpc) is 2.41. The lowest BCUT2D eigenvalue weighted by Crippen LogP contribution is -2.51. The minimum absolute atomic E-state index is 0.447. The minimum atomic E-state index is -1.11. The van der Waals surface area contributed by atoms with E-state index in [1.54, 1.807) is 42.5 Å². The van der Waals surface area contributed by atoms with Crippen molar-refractivity contribution in [1.82, 2.24) is 0 Å². The van der Waals surface area contributed by atoms with Crippen LogP contribution in [0.1, 0.15) is 5.56 Å². The fourth-order valence-electron chi connectivity index (χ4n) is 2.29. The van der Waals surface area contributed by atoms with E-state index in [0.29, 0.717) is 16.9 Å². The fourth-order valence-corrected chi connectivity index (χ4v) is 2.29. The maximum atomic E-state index is 12.3. The van der Waals surface area contributed by atoms with E-state index in [9.17, 15) is 4.79 Å².